The average molecular weight is 346 g/mol. The van der Waals surface area contributed by atoms with Crippen LogP contribution in [0.25, 0.3) is 0 Å². The van der Waals surface area contributed by atoms with Gasteiger partial charge in [-0.3, -0.25) is 4.72 Å². The molecule has 0 unspecified atom stereocenters. The summed E-state index contributed by atoms with van der Waals surface area (Å²) < 4.78 is 28.0. The lowest BCUT2D eigenvalue weighted by molar-refractivity contribution is 0.603. The summed E-state index contributed by atoms with van der Waals surface area (Å²) in [6.45, 7) is 3.85. The van der Waals surface area contributed by atoms with E-state index in [0.717, 1.165) is 14.9 Å². The van der Waals surface area contributed by atoms with Gasteiger partial charge in [-0.2, -0.15) is 0 Å². The van der Waals surface area contributed by atoms with Gasteiger partial charge < -0.3 is 0 Å². The van der Waals surface area contributed by atoms with Gasteiger partial charge in [-0.15, -0.1) is 11.3 Å². The number of halogens is 1. The van der Waals surface area contributed by atoms with Crippen LogP contribution in [-0.2, 0) is 10.0 Å². The van der Waals surface area contributed by atoms with Crippen LogP contribution in [0.4, 0.5) is 5.69 Å². The van der Waals surface area contributed by atoms with Crippen molar-refractivity contribution < 1.29 is 8.42 Å². The van der Waals surface area contributed by atoms with E-state index in [1.165, 1.54) is 11.3 Å². The number of nitrogens with one attached hydrogen (secondary N) is 1. The highest BCUT2D eigenvalue weighted by atomic mass is 79.9. The molecule has 1 N–H and O–H groups in total. The zero-order valence-electron chi connectivity index (χ0n) is 9.90. The minimum Gasteiger partial charge on any atom is -0.279 e. The number of aryl methyl sites for hydroxylation is 1. The maximum Gasteiger partial charge on any atom is 0.271 e. The van der Waals surface area contributed by atoms with Crippen LogP contribution in [0.1, 0.15) is 11.1 Å². The first kappa shape index (κ1) is 13.6. The second kappa shape index (κ2) is 5.03. The summed E-state index contributed by atoms with van der Waals surface area (Å²) in [6.07, 6.45) is 0. The second-order valence-electron chi connectivity index (χ2n) is 3.91. The highest BCUT2D eigenvalue weighted by molar-refractivity contribution is 9.11. The maximum atomic E-state index is 12.2. The van der Waals surface area contributed by atoms with Crippen molar-refractivity contribution in [3.05, 3.63) is 45.2 Å². The number of rotatable bonds is 3. The normalized spacial score (nSPS) is 11.5. The minimum absolute atomic E-state index is 0.301. The molecule has 3 nitrogen and oxygen atoms in total. The van der Waals surface area contributed by atoms with Crippen LogP contribution in [0, 0.1) is 13.8 Å². The maximum absolute atomic E-state index is 12.2. The van der Waals surface area contributed by atoms with Gasteiger partial charge in [0, 0.05) is 0 Å². The predicted octanol–water partition coefficient (Wildman–Crippen LogP) is 3.93. The van der Waals surface area contributed by atoms with Crippen molar-refractivity contribution in [1.82, 2.24) is 0 Å². The predicted molar refractivity (Wildman–Crippen MR) is 78.7 cm³/mol. The molecule has 2 aromatic rings. The number of sulfonamides is 1. The first-order chi connectivity index (χ1) is 8.40. The van der Waals surface area contributed by atoms with Gasteiger partial charge >= 0.3 is 0 Å². The Morgan fingerprint density at radius 1 is 1.17 bits per heavy atom. The molecule has 96 valence electrons. The molecule has 1 aromatic heterocycles. The topological polar surface area (TPSA) is 46.2 Å². The van der Waals surface area contributed by atoms with Crippen molar-refractivity contribution in [2.75, 3.05) is 4.72 Å². The fourth-order valence-electron chi connectivity index (χ4n) is 1.50. The molecule has 0 fully saturated rings. The molecule has 0 amide bonds. The Hall–Kier alpha value is -0.850. The van der Waals surface area contributed by atoms with Gasteiger partial charge in [0.1, 0.15) is 4.21 Å². The molecule has 1 aromatic carbocycles. The van der Waals surface area contributed by atoms with E-state index in [-0.39, 0.29) is 0 Å². The summed E-state index contributed by atoms with van der Waals surface area (Å²) in [4.78, 5) is 0. The number of hydrogen-bond acceptors (Lipinski definition) is 3. The van der Waals surface area contributed by atoms with Gasteiger partial charge in [-0.1, -0.05) is 12.1 Å². The van der Waals surface area contributed by atoms with Crippen molar-refractivity contribution in [3.8, 4) is 0 Å². The quantitative estimate of drug-likeness (QED) is 0.915. The van der Waals surface area contributed by atoms with Crippen molar-refractivity contribution in [1.29, 1.82) is 0 Å². The van der Waals surface area contributed by atoms with E-state index in [1.807, 2.05) is 26.0 Å². The van der Waals surface area contributed by atoms with Crippen LogP contribution in [0.15, 0.2) is 38.3 Å². The second-order valence-corrected chi connectivity index (χ2v) is 8.28. The van der Waals surface area contributed by atoms with Gasteiger partial charge in [-0.05, 0) is 59.1 Å². The molecular formula is C12H12BrNO2S2. The van der Waals surface area contributed by atoms with Crippen LogP contribution >= 0.6 is 27.3 Å². The Kier molecular flexibility index (Phi) is 3.79. The highest BCUT2D eigenvalue weighted by Gasteiger charge is 2.17. The summed E-state index contributed by atoms with van der Waals surface area (Å²) >= 11 is 4.45. The summed E-state index contributed by atoms with van der Waals surface area (Å²) in [5.74, 6) is 0. The molecule has 0 spiro atoms. The lowest BCUT2D eigenvalue weighted by Gasteiger charge is -2.10. The van der Waals surface area contributed by atoms with Gasteiger partial charge in [-0.25, -0.2) is 8.42 Å². The fourth-order valence-corrected chi connectivity index (χ4v) is 4.63. The smallest absolute Gasteiger partial charge is 0.271 e. The molecule has 0 atom stereocenters. The third-order valence-electron chi connectivity index (χ3n) is 2.66. The van der Waals surface area contributed by atoms with Gasteiger partial charge in [0.25, 0.3) is 10.0 Å². The number of thiophene rings is 1. The fraction of sp³-hybridized carbons (Fsp3) is 0.167. The Labute approximate surface area is 119 Å². The van der Waals surface area contributed by atoms with Crippen molar-refractivity contribution in [2.24, 2.45) is 0 Å². The van der Waals surface area contributed by atoms with Crippen molar-refractivity contribution in [3.63, 3.8) is 0 Å². The molecule has 0 saturated heterocycles. The minimum atomic E-state index is -3.49. The largest absolute Gasteiger partial charge is 0.279 e. The number of hydrogen-bond donors (Lipinski definition) is 1. The third kappa shape index (κ3) is 2.76. The van der Waals surface area contributed by atoms with E-state index in [2.05, 4.69) is 20.7 Å². The standard InChI is InChI=1S/C12H12BrNO2S2/c1-8-4-3-5-10(9(8)2)14-18(15,16)12-7-6-11(13)17-12/h3-7,14H,1-2H3. The van der Waals surface area contributed by atoms with Gasteiger partial charge in [0.15, 0.2) is 0 Å². The molecule has 6 heteroatoms. The summed E-state index contributed by atoms with van der Waals surface area (Å²) in [5.41, 5.74) is 2.62. The number of benzene rings is 1. The molecule has 2 rings (SSSR count). The molecule has 0 saturated carbocycles. The van der Waals surface area contributed by atoms with E-state index >= 15 is 0 Å². The first-order valence-corrected chi connectivity index (χ1v) is 8.34. The van der Waals surface area contributed by atoms with Crippen LogP contribution in [-0.4, -0.2) is 8.42 Å². The van der Waals surface area contributed by atoms with E-state index in [9.17, 15) is 8.42 Å². The summed E-state index contributed by atoms with van der Waals surface area (Å²) in [7, 11) is -3.49. The van der Waals surface area contributed by atoms with E-state index in [1.54, 1.807) is 18.2 Å². The Balaban J connectivity index is 2.37. The molecular weight excluding hydrogens is 334 g/mol. The summed E-state index contributed by atoms with van der Waals surface area (Å²) in [6, 6.07) is 8.87. The van der Waals surface area contributed by atoms with E-state index in [0.29, 0.717) is 9.90 Å². The molecule has 18 heavy (non-hydrogen) atoms. The molecule has 0 aliphatic rings. The molecule has 0 bridgehead atoms. The van der Waals surface area contributed by atoms with E-state index < -0.39 is 10.0 Å². The Morgan fingerprint density at radius 3 is 2.50 bits per heavy atom. The SMILES string of the molecule is Cc1cccc(NS(=O)(=O)c2ccc(Br)s2)c1C. The molecule has 0 radical (unpaired) electrons. The van der Waals surface area contributed by atoms with Crippen LogP contribution in [0.3, 0.4) is 0 Å². The third-order valence-corrected chi connectivity index (χ3v) is 6.14. The highest BCUT2D eigenvalue weighted by Crippen LogP contribution is 2.28. The number of anilines is 1. The van der Waals surface area contributed by atoms with Crippen LogP contribution in [0.2, 0.25) is 0 Å². The Morgan fingerprint density at radius 2 is 1.89 bits per heavy atom. The Bertz CT molecular complexity index is 677. The van der Waals surface area contributed by atoms with Gasteiger partial charge in [0.05, 0.1) is 9.47 Å². The lowest BCUT2D eigenvalue weighted by Crippen LogP contribution is -2.12. The summed E-state index contributed by atoms with van der Waals surface area (Å²) in [5, 5.41) is 0. The zero-order valence-corrected chi connectivity index (χ0v) is 13.1. The first-order valence-electron chi connectivity index (χ1n) is 5.24. The average Bonchev–Trinajstić information content (AvgIpc) is 2.72. The van der Waals surface area contributed by atoms with E-state index in [4.69, 9.17) is 0 Å². The molecule has 1 heterocycles. The molecule has 0 aliphatic carbocycles. The molecule has 0 aliphatic heterocycles. The van der Waals surface area contributed by atoms with Crippen LogP contribution < -0.4 is 4.72 Å². The van der Waals surface area contributed by atoms with Crippen molar-refractivity contribution in [2.45, 2.75) is 18.1 Å². The van der Waals surface area contributed by atoms with Crippen LogP contribution in [0.5, 0.6) is 0 Å². The van der Waals surface area contributed by atoms with Gasteiger partial charge in [0.2, 0.25) is 0 Å². The lowest BCUT2D eigenvalue weighted by atomic mass is 10.1. The zero-order chi connectivity index (χ0) is 13.3. The monoisotopic (exact) mass is 345 g/mol. The van der Waals surface area contributed by atoms with Crippen molar-refractivity contribution >= 4 is 43.0 Å².